The first kappa shape index (κ1) is 13.5. The number of rotatable bonds is 3. The smallest absolute Gasteiger partial charge is 0.244 e. The Kier molecular flexibility index (Phi) is 4.80. The molecule has 1 aromatic rings. The summed E-state index contributed by atoms with van der Waals surface area (Å²) in [6.07, 6.45) is 0. The van der Waals surface area contributed by atoms with E-state index in [0.29, 0.717) is 0 Å². The quantitative estimate of drug-likeness (QED) is 0.909. The molecule has 1 aromatic carbocycles. The molecule has 88 valence electrons. The van der Waals surface area contributed by atoms with Crippen molar-refractivity contribution in [3.05, 3.63) is 27.1 Å². The van der Waals surface area contributed by atoms with Crippen LogP contribution in [-0.2, 0) is 4.79 Å². The van der Waals surface area contributed by atoms with Crippen LogP contribution in [0.2, 0.25) is 0 Å². The highest BCUT2D eigenvalue weighted by Crippen LogP contribution is 2.31. The summed E-state index contributed by atoms with van der Waals surface area (Å²) in [7, 11) is 3.49. The molecular formula is C11H14Br2N2O. The molecule has 1 rings (SSSR count). The molecule has 0 saturated heterocycles. The molecule has 1 amide bonds. The van der Waals surface area contributed by atoms with Crippen molar-refractivity contribution >= 4 is 43.5 Å². The molecule has 5 heteroatoms. The van der Waals surface area contributed by atoms with E-state index in [-0.39, 0.29) is 11.9 Å². The molecule has 0 spiro atoms. The maximum atomic E-state index is 11.7. The van der Waals surface area contributed by atoms with E-state index in [0.717, 1.165) is 14.6 Å². The van der Waals surface area contributed by atoms with Crippen LogP contribution in [0.5, 0.6) is 0 Å². The highest BCUT2D eigenvalue weighted by Gasteiger charge is 2.16. The zero-order valence-corrected chi connectivity index (χ0v) is 12.6. The monoisotopic (exact) mass is 348 g/mol. The average Bonchev–Trinajstić information content (AvgIpc) is 2.22. The second-order valence-electron chi connectivity index (χ2n) is 3.70. The number of hydrogen-bond acceptors (Lipinski definition) is 2. The van der Waals surface area contributed by atoms with Gasteiger partial charge in [-0.3, -0.25) is 4.79 Å². The average molecular weight is 350 g/mol. The number of amides is 1. The van der Waals surface area contributed by atoms with Crippen LogP contribution in [0, 0.1) is 0 Å². The molecule has 0 fully saturated rings. The van der Waals surface area contributed by atoms with Crippen molar-refractivity contribution in [1.29, 1.82) is 0 Å². The van der Waals surface area contributed by atoms with Gasteiger partial charge in [0, 0.05) is 23.0 Å². The minimum atomic E-state index is -0.259. The molecule has 0 heterocycles. The number of para-hydroxylation sites is 1. The van der Waals surface area contributed by atoms with Gasteiger partial charge in [0.15, 0.2) is 0 Å². The van der Waals surface area contributed by atoms with E-state index in [4.69, 9.17) is 0 Å². The Balaban J connectivity index is 2.85. The number of hydrogen-bond donors (Lipinski definition) is 1. The first-order valence-electron chi connectivity index (χ1n) is 4.85. The molecule has 1 atom stereocenters. The van der Waals surface area contributed by atoms with E-state index in [1.165, 1.54) is 0 Å². The fraction of sp³-hybridized carbons (Fsp3) is 0.364. The molecule has 1 unspecified atom stereocenters. The molecule has 0 aliphatic heterocycles. The lowest BCUT2D eigenvalue weighted by atomic mass is 10.2. The Labute approximate surface area is 112 Å². The van der Waals surface area contributed by atoms with Gasteiger partial charge in [0.25, 0.3) is 0 Å². The van der Waals surface area contributed by atoms with Crippen molar-refractivity contribution in [2.45, 2.75) is 13.0 Å². The summed E-state index contributed by atoms with van der Waals surface area (Å²) in [5.41, 5.74) is 0.894. The van der Waals surface area contributed by atoms with E-state index in [1.807, 2.05) is 25.1 Å². The fourth-order valence-electron chi connectivity index (χ4n) is 1.30. The highest BCUT2D eigenvalue weighted by atomic mass is 79.9. The number of benzene rings is 1. The van der Waals surface area contributed by atoms with Gasteiger partial charge in [0.1, 0.15) is 6.04 Å². The molecule has 0 aromatic heterocycles. The summed E-state index contributed by atoms with van der Waals surface area (Å²) in [5, 5.41) is 3.17. The number of halogens is 2. The van der Waals surface area contributed by atoms with E-state index >= 15 is 0 Å². The number of carbonyl (C=O) groups is 1. The van der Waals surface area contributed by atoms with Gasteiger partial charge in [-0.25, -0.2) is 0 Å². The molecular weight excluding hydrogens is 336 g/mol. The number of carbonyl (C=O) groups excluding carboxylic acids is 1. The van der Waals surface area contributed by atoms with Crippen LogP contribution in [0.3, 0.4) is 0 Å². The third-order valence-corrected chi connectivity index (χ3v) is 3.46. The number of nitrogens with zero attached hydrogens (tertiary/aromatic N) is 1. The zero-order valence-electron chi connectivity index (χ0n) is 9.42. The Morgan fingerprint density at radius 3 is 2.25 bits per heavy atom. The van der Waals surface area contributed by atoms with Gasteiger partial charge in [-0.1, -0.05) is 6.07 Å². The van der Waals surface area contributed by atoms with E-state index < -0.39 is 0 Å². The molecule has 16 heavy (non-hydrogen) atoms. The van der Waals surface area contributed by atoms with Crippen LogP contribution in [0.25, 0.3) is 0 Å². The van der Waals surface area contributed by atoms with Crippen molar-refractivity contribution < 1.29 is 4.79 Å². The Morgan fingerprint density at radius 1 is 1.31 bits per heavy atom. The third kappa shape index (κ3) is 3.22. The summed E-state index contributed by atoms with van der Waals surface area (Å²) in [5.74, 6) is 0.0441. The third-order valence-electron chi connectivity index (χ3n) is 2.13. The number of nitrogens with one attached hydrogen (secondary N) is 1. The van der Waals surface area contributed by atoms with E-state index in [9.17, 15) is 4.79 Å². The molecule has 0 aliphatic rings. The second-order valence-corrected chi connectivity index (χ2v) is 5.40. The van der Waals surface area contributed by atoms with Gasteiger partial charge in [-0.15, -0.1) is 0 Å². The highest BCUT2D eigenvalue weighted by molar-refractivity contribution is 9.11. The predicted molar refractivity (Wildman–Crippen MR) is 73.6 cm³/mol. The Bertz CT molecular complexity index is 373. The minimum absolute atomic E-state index is 0.0441. The van der Waals surface area contributed by atoms with Crippen LogP contribution < -0.4 is 5.32 Å². The zero-order chi connectivity index (χ0) is 12.3. The second kappa shape index (κ2) is 5.68. The van der Waals surface area contributed by atoms with Crippen LogP contribution in [0.15, 0.2) is 27.1 Å². The molecule has 0 bridgehead atoms. The lowest BCUT2D eigenvalue weighted by Crippen LogP contribution is -2.36. The van der Waals surface area contributed by atoms with E-state index in [2.05, 4.69) is 37.2 Å². The summed E-state index contributed by atoms with van der Waals surface area (Å²) in [6.45, 7) is 1.84. The van der Waals surface area contributed by atoms with Gasteiger partial charge in [-0.2, -0.15) is 0 Å². The van der Waals surface area contributed by atoms with Crippen molar-refractivity contribution in [3.8, 4) is 0 Å². The molecule has 0 aliphatic carbocycles. The maximum Gasteiger partial charge on any atom is 0.244 e. The Hall–Kier alpha value is -0.550. The van der Waals surface area contributed by atoms with Crippen LogP contribution in [-0.4, -0.2) is 30.9 Å². The lowest BCUT2D eigenvalue weighted by molar-refractivity contribution is -0.129. The van der Waals surface area contributed by atoms with Gasteiger partial charge < -0.3 is 10.2 Å². The van der Waals surface area contributed by atoms with Gasteiger partial charge in [-0.05, 0) is 50.9 Å². The van der Waals surface area contributed by atoms with E-state index in [1.54, 1.807) is 19.0 Å². The van der Waals surface area contributed by atoms with Gasteiger partial charge in [0.05, 0.1) is 5.69 Å². The minimum Gasteiger partial charge on any atom is -0.372 e. The van der Waals surface area contributed by atoms with Crippen molar-refractivity contribution in [3.63, 3.8) is 0 Å². The standard InChI is InChI=1S/C11H14Br2N2O/c1-7(11(16)15(2)3)14-10-8(12)5-4-6-9(10)13/h4-7,14H,1-3H3. The van der Waals surface area contributed by atoms with Gasteiger partial charge in [0.2, 0.25) is 5.91 Å². The van der Waals surface area contributed by atoms with Crippen LogP contribution in [0.1, 0.15) is 6.92 Å². The first-order chi connectivity index (χ1) is 7.43. The number of anilines is 1. The van der Waals surface area contributed by atoms with Crippen LogP contribution >= 0.6 is 31.9 Å². The summed E-state index contributed by atoms with van der Waals surface area (Å²) >= 11 is 6.89. The first-order valence-corrected chi connectivity index (χ1v) is 6.43. The largest absolute Gasteiger partial charge is 0.372 e. The summed E-state index contributed by atoms with van der Waals surface area (Å²) in [6, 6.07) is 5.53. The van der Waals surface area contributed by atoms with Gasteiger partial charge >= 0.3 is 0 Å². The lowest BCUT2D eigenvalue weighted by Gasteiger charge is -2.20. The van der Waals surface area contributed by atoms with Crippen molar-refractivity contribution in [2.75, 3.05) is 19.4 Å². The normalized spacial score (nSPS) is 12.1. The molecule has 0 saturated carbocycles. The molecule has 3 nitrogen and oxygen atoms in total. The maximum absolute atomic E-state index is 11.7. The molecule has 1 N–H and O–H groups in total. The topological polar surface area (TPSA) is 32.3 Å². The Morgan fingerprint density at radius 2 is 1.81 bits per heavy atom. The number of likely N-dealkylation sites (N-methyl/N-ethyl adjacent to an activating group) is 1. The van der Waals surface area contributed by atoms with Crippen molar-refractivity contribution in [2.24, 2.45) is 0 Å². The predicted octanol–water partition coefficient (Wildman–Crippen LogP) is 3.10. The fourth-order valence-corrected chi connectivity index (χ4v) is 2.53. The SMILES string of the molecule is CC(Nc1c(Br)cccc1Br)C(=O)N(C)C. The van der Waals surface area contributed by atoms with Crippen LogP contribution in [0.4, 0.5) is 5.69 Å². The summed E-state index contributed by atoms with van der Waals surface area (Å²) < 4.78 is 1.86. The summed E-state index contributed by atoms with van der Waals surface area (Å²) in [4.78, 5) is 13.3. The van der Waals surface area contributed by atoms with Crippen molar-refractivity contribution in [1.82, 2.24) is 4.90 Å². The molecule has 0 radical (unpaired) electrons.